The summed E-state index contributed by atoms with van der Waals surface area (Å²) in [5, 5.41) is 3.48. The zero-order valence-electron chi connectivity index (χ0n) is 17.8. The molecule has 0 bridgehead atoms. The van der Waals surface area contributed by atoms with Gasteiger partial charge < -0.3 is 15.1 Å². The lowest BCUT2D eigenvalue weighted by Crippen LogP contribution is -2.47. The highest BCUT2D eigenvalue weighted by atomic mass is 15.3. The average Bonchev–Trinajstić information content (AvgIpc) is 2.82. The standard InChI is InChI=1S/C24H25N7/c1-17-8-9-18(2)20(16-17)27-23-21-22(26-11-10-25-21)28-24(29-23)31-14-12-30(13-15-31)19-6-4-3-5-7-19/h3-11,16H,12-15H2,1-2H3,(H,26,27,28,29). The molecule has 2 aromatic carbocycles. The zero-order valence-corrected chi connectivity index (χ0v) is 17.8. The molecule has 1 N–H and O–H groups in total. The van der Waals surface area contributed by atoms with Crippen LogP contribution in [-0.4, -0.2) is 46.1 Å². The second-order valence-electron chi connectivity index (χ2n) is 7.85. The predicted molar refractivity (Wildman–Crippen MR) is 125 cm³/mol. The van der Waals surface area contributed by atoms with E-state index >= 15 is 0 Å². The Morgan fingerprint density at radius 3 is 2.35 bits per heavy atom. The van der Waals surface area contributed by atoms with Crippen LogP contribution in [0.4, 0.5) is 23.1 Å². The summed E-state index contributed by atoms with van der Waals surface area (Å²) in [6.45, 7) is 7.71. The van der Waals surface area contributed by atoms with E-state index in [1.807, 2.05) is 6.07 Å². The van der Waals surface area contributed by atoms with Crippen LogP contribution < -0.4 is 15.1 Å². The molecule has 1 saturated heterocycles. The molecule has 0 atom stereocenters. The second kappa shape index (κ2) is 8.18. The van der Waals surface area contributed by atoms with Crippen molar-refractivity contribution in [1.29, 1.82) is 0 Å². The number of piperazine rings is 1. The summed E-state index contributed by atoms with van der Waals surface area (Å²) in [4.78, 5) is 23.2. The fourth-order valence-corrected chi connectivity index (χ4v) is 3.88. The average molecular weight is 412 g/mol. The summed E-state index contributed by atoms with van der Waals surface area (Å²) in [7, 11) is 0. The Morgan fingerprint density at radius 1 is 0.806 bits per heavy atom. The number of para-hydroxylation sites is 1. The van der Waals surface area contributed by atoms with E-state index in [0.29, 0.717) is 22.9 Å². The number of fused-ring (bicyclic) bond motifs is 1. The maximum atomic E-state index is 4.87. The molecule has 0 aliphatic carbocycles. The maximum Gasteiger partial charge on any atom is 0.229 e. The molecule has 156 valence electrons. The number of hydrogen-bond donors (Lipinski definition) is 1. The Hall–Kier alpha value is -3.74. The fourth-order valence-electron chi connectivity index (χ4n) is 3.88. The van der Waals surface area contributed by atoms with E-state index in [2.05, 4.69) is 81.4 Å². The molecule has 0 radical (unpaired) electrons. The molecule has 1 aliphatic rings. The van der Waals surface area contributed by atoms with Gasteiger partial charge in [0.1, 0.15) is 0 Å². The minimum atomic E-state index is 0.603. The Labute approximate surface area is 181 Å². The summed E-state index contributed by atoms with van der Waals surface area (Å²) in [6.07, 6.45) is 3.35. The molecule has 31 heavy (non-hydrogen) atoms. The zero-order chi connectivity index (χ0) is 21.2. The van der Waals surface area contributed by atoms with E-state index in [-0.39, 0.29) is 0 Å². The monoisotopic (exact) mass is 411 g/mol. The van der Waals surface area contributed by atoms with Gasteiger partial charge >= 0.3 is 0 Å². The van der Waals surface area contributed by atoms with Gasteiger partial charge in [-0.25, -0.2) is 9.97 Å². The molecule has 3 heterocycles. The second-order valence-corrected chi connectivity index (χ2v) is 7.85. The molecule has 1 aliphatic heterocycles. The third-order valence-electron chi connectivity index (χ3n) is 5.65. The van der Waals surface area contributed by atoms with Crippen molar-refractivity contribution < 1.29 is 0 Å². The molecular formula is C24H25N7. The molecule has 4 aromatic rings. The third kappa shape index (κ3) is 3.99. The first-order valence-corrected chi connectivity index (χ1v) is 10.6. The first-order chi connectivity index (χ1) is 15.2. The number of aromatic nitrogens is 4. The van der Waals surface area contributed by atoms with Gasteiger partial charge in [0.2, 0.25) is 5.95 Å². The fraction of sp³-hybridized carbons (Fsp3) is 0.250. The molecule has 7 heteroatoms. The lowest BCUT2D eigenvalue weighted by atomic mass is 10.1. The van der Waals surface area contributed by atoms with Crippen molar-refractivity contribution in [3.05, 3.63) is 72.1 Å². The highest BCUT2D eigenvalue weighted by molar-refractivity contribution is 5.86. The van der Waals surface area contributed by atoms with Crippen LogP contribution in [-0.2, 0) is 0 Å². The number of anilines is 4. The van der Waals surface area contributed by atoms with E-state index in [0.717, 1.165) is 37.4 Å². The van der Waals surface area contributed by atoms with Gasteiger partial charge in [-0.15, -0.1) is 0 Å². The SMILES string of the molecule is Cc1ccc(C)c(Nc2nc(N3CCN(c4ccccc4)CC3)nc3nccnc23)c1. The molecule has 0 spiro atoms. The van der Waals surface area contributed by atoms with Crippen molar-refractivity contribution in [2.75, 3.05) is 41.3 Å². The van der Waals surface area contributed by atoms with Crippen LogP contribution >= 0.6 is 0 Å². The van der Waals surface area contributed by atoms with Crippen LogP contribution in [0.2, 0.25) is 0 Å². The number of nitrogens with one attached hydrogen (secondary N) is 1. The van der Waals surface area contributed by atoms with Crippen molar-refractivity contribution >= 4 is 34.3 Å². The van der Waals surface area contributed by atoms with Gasteiger partial charge in [0.05, 0.1) is 0 Å². The highest BCUT2D eigenvalue weighted by Crippen LogP contribution is 2.27. The normalized spacial score (nSPS) is 14.1. The van der Waals surface area contributed by atoms with Crippen LogP contribution in [0.5, 0.6) is 0 Å². The van der Waals surface area contributed by atoms with E-state index in [1.54, 1.807) is 12.4 Å². The van der Waals surface area contributed by atoms with Crippen molar-refractivity contribution in [2.24, 2.45) is 0 Å². The van der Waals surface area contributed by atoms with Crippen LogP contribution in [0.25, 0.3) is 11.2 Å². The summed E-state index contributed by atoms with van der Waals surface area (Å²) in [5.41, 5.74) is 5.89. The summed E-state index contributed by atoms with van der Waals surface area (Å²) >= 11 is 0. The van der Waals surface area contributed by atoms with Gasteiger partial charge in [0.15, 0.2) is 17.0 Å². The Balaban J connectivity index is 1.44. The first-order valence-electron chi connectivity index (χ1n) is 10.6. The molecule has 5 rings (SSSR count). The van der Waals surface area contributed by atoms with Gasteiger partial charge in [-0.05, 0) is 43.2 Å². The molecule has 1 fully saturated rings. The summed E-state index contributed by atoms with van der Waals surface area (Å²) in [5.74, 6) is 1.38. The number of aryl methyl sites for hydroxylation is 2. The van der Waals surface area contributed by atoms with E-state index in [4.69, 9.17) is 9.97 Å². The van der Waals surface area contributed by atoms with Gasteiger partial charge in [-0.1, -0.05) is 30.3 Å². The van der Waals surface area contributed by atoms with E-state index in [9.17, 15) is 0 Å². The minimum Gasteiger partial charge on any atom is -0.368 e. The van der Waals surface area contributed by atoms with Crippen LogP contribution in [0.3, 0.4) is 0 Å². The van der Waals surface area contributed by atoms with Crippen molar-refractivity contribution in [1.82, 2.24) is 19.9 Å². The Morgan fingerprint density at radius 2 is 1.55 bits per heavy atom. The van der Waals surface area contributed by atoms with Crippen molar-refractivity contribution in [3.63, 3.8) is 0 Å². The maximum absolute atomic E-state index is 4.87. The topological polar surface area (TPSA) is 70.1 Å². The third-order valence-corrected chi connectivity index (χ3v) is 5.65. The Kier molecular flexibility index (Phi) is 5.08. The minimum absolute atomic E-state index is 0.603. The van der Waals surface area contributed by atoms with E-state index < -0.39 is 0 Å². The summed E-state index contributed by atoms with van der Waals surface area (Å²) in [6, 6.07) is 16.9. The van der Waals surface area contributed by atoms with Gasteiger partial charge in [0, 0.05) is 49.9 Å². The number of rotatable bonds is 4. The molecule has 2 aromatic heterocycles. The Bertz CT molecular complexity index is 1200. The highest BCUT2D eigenvalue weighted by Gasteiger charge is 2.21. The van der Waals surface area contributed by atoms with Crippen LogP contribution in [0, 0.1) is 13.8 Å². The smallest absolute Gasteiger partial charge is 0.229 e. The lowest BCUT2D eigenvalue weighted by Gasteiger charge is -2.36. The van der Waals surface area contributed by atoms with Gasteiger partial charge in [-0.3, -0.25) is 0 Å². The number of hydrogen-bond acceptors (Lipinski definition) is 7. The van der Waals surface area contributed by atoms with Crippen LogP contribution in [0.1, 0.15) is 11.1 Å². The molecule has 0 unspecified atom stereocenters. The van der Waals surface area contributed by atoms with Crippen LogP contribution in [0.15, 0.2) is 60.9 Å². The summed E-state index contributed by atoms with van der Waals surface area (Å²) < 4.78 is 0. The quantitative estimate of drug-likeness (QED) is 0.542. The van der Waals surface area contributed by atoms with Crippen molar-refractivity contribution in [3.8, 4) is 0 Å². The van der Waals surface area contributed by atoms with Gasteiger partial charge in [0.25, 0.3) is 0 Å². The molecule has 0 saturated carbocycles. The molecule has 0 amide bonds. The van der Waals surface area contributed by atoms with Gasteiger partial charge in [-0.2, -0.15) is 9.97 Å². The number of nitrogens with zero attached hydrogens (tertiary/aromatic N) is 6. The largest absolute Gasteiger partial charge is 0.368 e. The van der Waals surface area contributed by atoms with Crippen molar-refractivity contribution in [2.45, 2.75) is 13.8 Å². The van der Waals surface area contributed by atoms with E-state index in [1.165, 1.54) is 11.3 Å². The predicted octanol–water partition coefficient (Wildman–Crippen LogP) is 4.11. The lowest BCUT2D eigenvalue weighted by molar-refractivity contribution is 0.641. The molecular weight excluding hydrogens is 386 g/mol. The molecule has 7 nitrogen and oxygen atoms in total. The number of benzene rings is 2. The first kappa shape index (κ1) is 19.2.